The van der Waals surface area contributed by atoms with Crippen molar-refractivity contribution in [3.63, 3.8) is 0 Å². The average Bonchev–Trinajstić information content (AvgIpc) is 2.69. The molecule has 1 fully saturated rings. The van der Waals surface area contributed by atoms with Crippen LogP contribution in [0.5, 0.6) is 11.5 Å². The number of carboxylic acids is 1. The summed E-state index contributed by atoms with van der Waals surface area (Å²) in [6, 6.07) is 9.92. The summed E-state index contributed by atoms with van der Waals surface area (Å²) in [5, 5.41) is 9.02. The lowest BCUT2D eigenvalue weighted by molar-refractivity contribution is -0.139. The Bertz CT molecular complexity index is 958. The minimum absolute atomic E-state index is 0.0157. The van der Waals surface area contributed by atoms with Crippen molar-refractivity contribution < 1.29 is 28.2 Å². The number of nitrogens with zero attached hydrogens (tertiary/aromatic N) is 1. The average molecular weight is 401 g/mol. The van der Waals surface area contributed by atoms with Crippen LogP contribution in [-0.2, 0) is 4.79 Å². The van der Waals surface area contributed by atoms with Gasteiger partial charge in [-0.2, -0.15) is 0 Å². The third-order valence-electron chi connectivity index (χ3n) is 5.47. The van der Waals surface area contributed by atoms with Crippen LogP contribution in [0.2, 0.25) is 0 Å². The number of likely N-dealkylation sites (tertiary alicyclic amines) is 1. The molecule has 0 unspecified atom stereocenters. The highest BCUT2D eigenvalue weighted by Gasteiger charge is 2.39. The Morgan fingerprint density at radius 2 is 1.86 bits per heavy atom. The van der Waals surface area contributed by atoms with E-state index in [1.165, 1.54) is 19.2 Å². The SMILES string of the molecule is COc1c(F)cc(C2=CC3(CCN(CC(=O)O)CC3)Oc3ccccc32)cc1F. The fraction of sp³-hybridized carbons (Fsp3) is 0.318. The van der Waals surface area contributed by atoms with Gasteiger partial charge in [0, 0.05) is 31.5 Å². The molecule has 29 heavy (non-hydrogen) atoms. The first-order chi connectivity index (χ1) is 13.9. The fourth-order valence-electron chi connectivity index (χ4n) is 4.04. The van der Waals surface area contributed by atoms with Crippen LogP contribution < -0.4 is 9.47 Å². The Balaban J connectivity index is 1.74. The molecule has 0 amide bonds. The van der Waals surface area contributed by atoms with Gasteiger partial charge in [-0.1, -0.05) is 18.2 Å². The van der Waals surface area contributed by atoms with Crippen molar-refractivity contribution in [1.29, 1.82) is 0 Å². The summed E-state index contributed by atoms with van der Waals surface area (Å²) in [4.78, 5) is 12.8. The summed E-state index contributed by atoms with van der Waals surface area (Å²) in [5.74, 6) is -2.16. The number of carbonyl (C=O) groups is 1. The van der Waals surface area contributed by atoms with Crippen molar-refractivity contribution in [3.05, 3.63) is 65.2 Å². The van der Waals surface area contributed by atoms with Crippen molar-refractivity contribution in [1.82, 2.24) is 4.90 Å². The number of carboxylic acid groups (broad SMARTS) is 1. The molecular formula is C22H21F2NO4. The first-order valence-corrected chi connectivity index (χ1v) is 9.40. The van der Waals surface area contributed by atoms with Gasteiger partial charge >= 0.3 is 5.97 Å². The van der Waals surface area contributed by atoms with E-state index in [-0.39, 0.29) is 6.54 Å². The molecule has 1 saturated heterocycles. The smallest absolute Gasteiger partial charge is 0.317 e. The van der Waals surface area contributed by atoms with E-state index in [0.717, 1.165) is 5.56 Å². The molecule has 0 aliphatic carbocycles. The molecule has 0 aromatic heterocycles. The zero-order valence-corrected chi connectivity index (χ0v) is 16.0. The van der Waals surface area contributed by atoms with E-state index in [2.05, 4.69) is 0 Å². The Morgan fingerprint density at radius 1 is 1.21 bits per heavy atom. The molecule has 2 aromatic rings. The van der Waals surface area contributed by atoms with Crippen molar-refractivity contribution in [2.24, 2.45) is 0 Å². The molecular weight excluding hydrogens is 380 g/mol. The summed E-state index contributed by atoms with van der Waals surface area (Å²) in [7, 11) is 1.23. The van der Waals surface area contributed by atoms with Crippen molar-refractivity contribution >= 4 is 11.5 Å². The Kier molecular flexibility index (Phi) is 5.00. The monoisotopic (exact) mass is 401 g/mol. The number of rotatable bonds is 4. The molecule has 2 aliphatic heterocycles. The highest BCUT2D eigenvalue weighted by Crippen LogP contribution is 2.44. The fourth-order valence-corrected chi connectivity index (χ4v) is 4.04. The number of halogens is 2. The van der Waals surface area contributed by atoms with E-state index in [0.29, 0.717) is 42.8 Å². The van der Waals surface area contributed by atoms with E-state index < -0.39 is 29.0 Å². The Hall–Kier alpha value is -2.93. The second-order valence-electron chi connectivity index (χ2n) is 7.36. The molecule has 152 valence electrons. The van der Waals surface area contributed by atoms with Crippen LogP contribution in [0, 0.1) is 11.6 Å². The maximum absolute atomic E-state index is 14.4. The number of benzene rings is 2. The van der Waals surface area contributed by atoms with Crippen molar-refractivity contribution in [2.45, 2.75) is 18.4 Å². The molecule has 7 heteroatoms. The van der Waals surface area contributed by atoms with Gasteiger partial charge in [-0.05, 0) is 35.4 Å². The lowest BCUT2D eigenvalue weighted by Gasteiger charge is -2.42. The van der Waals surface area contributed by atoms with Gasteiger partial charge in [0.05, 0.1) is 13.7 Å². The number of hydrogen-bond donors (Lipinski definition) is 1. The topological polar surface area (TPSA) is 59.0 Å². The van der Waals surface area contributed by atoms with E-state index in [1.54, 1.807) is 0 Å². The minimum Gasteiger partial charge on any atom is -0.491 e. The highest BCUT2D eigenvalue weighted by atomic mass is 19.1. The third kappa shape index (κ3) is 3.70. The third-order valence-corrected chi connectivity index (χ3v) is 5.47. The molecule has 0 atom stereocenters. The van der Waals surface area contributed by atoms with Crippen LogP contribution in [0.1, 0.15) is 24.0 Å². The molecule has 1 spiro atoms. The van der Waals surface area contributed by atoms with Crippen LogP contribution in [0.4, 0.5) is 8.78 Å². The van der Waals surface area contributed by atoms with E-state index in [9.17, 15) is 13.6 Å². The van der Waals surface area contributed by atoms with Gasteiger partial charge in [0.1, 0.15) is 11.4 Å². The highest BCUT2D eigenvalue weighted by molar-refractivity contribution is 5.85. The number of hydrogen-bond acceptors (Lipinski definition) is 4. The lowest BCUT2D eigenvalue weighted by Crippen LogP contribution is -2.49. The summed E-state index contributed by atoms with van der Waals surface area (Å²) in [5.41, 5.74) is 1.21. The normalized spacial score (nSPS) is 18.0. The van der Waals surface area contributed by atoms with Gasteiger partial charge in [-0.25, -0.2) is 8.78 Å². The van der Waals surface area contributed by atoms with Crippen molar-refractivity contribution in [3.8, 4) is 11.5 Å². The van der Waals surface area contributed by atoms with E-state index in [1.807, 2.05) is 35.2 Å². The zero-order chi connectivity index (χ0) is 20.6. The first-order valence-electron chi connectivity index (χ1n) is 9.40. The predicted octanol–water partition coefficient (Wildman–Crippen LogP) is 3.72. The van der Waals surface area contributed by atoms with Gasteiger partial charge in [-0.3, -0.25) is 9.69 Å². The quantitative estimate of drug-likeness (QED) is 0.846. The van der Waals surface area contributed by atoms with Gasteiger partial charge in [0.15, 0.2) is 17.4 Å². The van der Waals surface area contributed by atoms with Crippen molar-refractivity contribution in [2.75, 3.05) is 26.7 Å². The van der Waals surface area contributed by atoms with Gasteiger partial charge in [-0.15, -0.1) is 0 Å². The van der Waals surface area contributed by atoms with Crippen LogP contribution in [0.3, 0.4) is 0 Å². The number of piperidine rings is 1. The summed E-state index contributed by atoms with van der Waals surface area (Å²) in [6.07, 6.45) is 3.09. The van der Waals surface area contributed by atoms with Gasteiger partial charge in [0.25, 0.3) is 0 Å². The predicted molar refractivity (Wildman–Crippen MR) is 103 cm³/mol. The zero-order valence-electron chi connectivity index (χ0n) is 16.0. The Morgan fingerprint density at radius 3 is 2.48 bits per heavy atom. The molecule has 0 radical (unpaired) electrons. The number of methoxy groups -OCH3 is 1. The molecule has 1 N–H and O–H groups in total. The van der Waals surface area contributed by atoms with Crippen LogP contribution >= 0.6 is 0 Å². The number of aliphatic carboxylic acids is 1. The van der Waals surface area contributed by atoms with E-state index >= 15 is 0 Å². The van der Waals surface area contributed by atoms with Gasteiger partial charge in [0.2, 0.25) is 0 Å². The number of fused-ring (bicyclic) bond motifs is 1. The molecule has 0 bridgehead atoms. The molecule has 5 nitrogen and oxygen atoms in total. The molecule has 2 heterocycles. The minimum atomic E-state index is -0.865. The standard InChI is InChI=1S/C22H21F2NO4/c1-28-21-17(23)10-14(11-18(21)24)16-12-22(29-19-5-3-2-4-15(16)19)6-8-25(9-7-22)13-20(26)27/h2-5,10-12H,6-9,13H2,1H3,(H,26,27). The molecule has 2 aromatic carbocycles. The second-order valence-corrected chi connectivity index (χ2v) is 7.36. The summed E-state index contributed by atoms with van der Waals surface area (Å²) in [6.45, 7) is 1.10. The number of ether oxygens (including phenoxy) is 2. The first kappa shape index (κ1) is 19.4. The maximum Gasteiger partial charge on any atom is 0.317 e. The molecule has 4 rings (SSSR count). The summed E-state index contributed by atoms with van der Waals surface area (Å²) >= 11 is 0. The number of para-hydroxylation sites is 1. The molecule has 2 aliphatic rings. The van der Waals surface area contributed by atoms with Crippen LogP contribution in [0.15, 0.2) is 42.5 Å². The maximum atomic E-state index is 14.4. The summed E-state index contributed by atoms with van der Waals surface area (Å²) < 4.78 is 39.8. The van der Waals surface area contributed by atoms with E-state index in [4.69, 9.17) is 14.6 Å². The van der Waals surface area contributed by atoms with Crippen LogP contribution in [-0.4, -0.2) is 48.3 Å². The largest absolute Gasteiger partial charge is 0.491 e. The van der Waals surface area contributed by atoms with Gasteiger partial charge < -0.3 is 14.6 Å². The molecule has 0 saturated carbocycles. The lowest BCUT2D eigenvalue weighted by atomic mass is 9.83. The van der Waals surface area contributed by atoms with Crippen LogP contribution in [0.25, 0.3) is 5.57 Å². The Labute approximate surface area is 167 Å². The second kappa shape index (κ2) is 7.48.